The van der Waals surface area contributed by atoms with E-state index in [1.54, 1.807) is 25.8 Å². The number of ketones is 2. The first-order chi connectivity index (χ1) is 9.95. The van der Waals surface area contributed by atoms with E-state index >= 15 is 0 Å². The average Bonchev–Trinajstić information content (AvgIpc) is 2.37. The molecule has 7 nitrogen and oxygen atoms in total. The summed E-state index contributed by atoms with van der Waals surface area (Å²) in [6.07, 6.45) is 0.805. The molecule has 8 heteroatoms. The van der Waals surface area contributed by atoms with Crippen LogP contribution in [-0.4, -0.2) is 78.1 Å². The Balaban J connectivity index is 0. The number of carbonyl (C=O) groups is 2. The molecule has 0 amide bonds. The molecule has 23 heavy (non-hydrogen) atoms. The third-order valence-corrected chi connectivity index (χ3v) is 4.03. The number of nitrogens with two attached hydrogens (primary N) is 1. The van der Waals surface area contributed by atoms with E-state index in [0.717, 1.165) is 11.5 Å². The minimum atomic E-state index is -0.833. The van der Waals surface area contributed by atoms with Crippen molar-refractivity contribution < 1.29 is 14.8 Å². The summed E-state index contributed by atoms with van der Waals surface area (Å²) < 4.78 is 0. The fourth-order valence-electron chi connectivity index (χ4n) is 1.83. The van der Waals surface area contributed by atoms with Gasteiger partial charge in [-0.15, -0.1) is 0 Å². The van der Waals surface area contributed by atoms with Crippen LogP contribution in [0.4, 0.5) is 0 Å². The van der Waals surface area contributed by atoms with Gasteiger partial charge in [0, 0.05) is 7.05 Å². The van der Waals surface area contributed by atoms with Gasteiger partial charge in [-0.1, -0.05) is 0 Å². The Morgan fingerprint density at radius 2 is 1.61 bits per heavy atom. The molecule has 0 fully saturated rings. The van der Waals surface area contributed by atoms with Crippen LogP contribution in [0.1, 0.15) is 34.1 Å². The van der Waals surface area contributed by atoms with E-state index in [1.165, 1.54) is 7.05 Å². The molecule has 0 aliphatic carbocycles. The monoisotopic (exact) mass is 573 g/mol. The number of hydroxylamine groups is 2. The summed E-state index contributed by atoms with van der Waals surface area (Å²) in [5.74, 6) is -0.146. The fourth-order valence-corrected chi connectivity index (χ4v) is 1.83. The first kappa shape index (κ1) is 23.4. The number of nitrogens with zero attached hydrogens (tertiary/aromatic N) is 2. The molecule has 0 saturated carbocycles. The van der Waals surface area contributed by atoms with Crippen molar-refractivity contribution in [3.05, 3.63) is 0 Å². The molecule has 0 unspecified atom stereocenters. The molecule has 142 valence electrons. The van der Waals surface area contributed by atoms with Crippen LogP contribution in [0.15, 0.2) is 0 Å². The number of hydrogen-bond donors (Lipinski definition) is 3. The van der Waals surface area contributed by atoms with Crippen LogP contribution in [0.5, 0.6) is 0 Å². The maximum absolute atomic E-state index is 12.5. The zero-order valence-corrected chi connectivity index (χ0v) is 17.5. The molecule has 0 atom stereocenters. The van der Waals surface area contributed by atoms with Crippen molar-refractivity contribution in [2.24, 2.45) is 5.73 Å². The molecule has 0 aromatic rings. The van der Waals surface area contributed by atoms with Crippen molar-refractivity contribution >= 4 is 11.6 Å². The Morgan fingerprint density at radius 1 is 1.09 bits per heavy atom. The number of nitrogens with one attached hydrogen (secondary N) is 1. The van der Waals surface area contributed by atoms with Crippen LogP contribution in [0, 0.1) is 0 Å². The first-order valence-corrected chi connectivity index (χ1v) is 7.58. The van der Waals surface area contributed by atoms with E-state index in [4.69, 9.17) is 5.73 Å². The molecule has 0 aliphatic rings. The van der Waals surface area contributed by atoms with Gasteiger partial charge in [-0.2, -0.15) is 5.06 Å². The number of hydrogen-bond acceptors (Lipinski definition) is 7. The normalized spacial score (nSPS) is 12.4. The van der Waals surface area contributed by atoms with Crippen molar-refractivity contribution in [3.8, 4) is 0 Å². The van der Waals surface area contributed by atoms with Crippen LogP contribution in [0.25, 0.3) is 0 Å². The molecule has 0 rings (SSSR count). The largest absolute Gasteiger partial charge is 0.330 e. The summed E-state index contributed by atoms with van der Waals surface area (Å²) in [7, 11) is 3.16. The number of likely N-dealkylation sites (N-methyl/N-ethyl adjacent to an activating group) is 2. The van der Waals surface area contributed by atoms with Gasteiger partial charge in [0.1, 0.15) is 0 Å². The molecule has 0 radical (unpaired) electrons. The maximum Gasteiger partial charge on any atom is 0.168 e. The van der Waals surface area contributed by atoms with Crippen LogP contribution >= 0.6 is 0 Å². The molecule has 0 spiro atoms. The molecule has 0 aromatic heterocycles. The molecule has 0 heterocycles. The van der Waals surface area contributed by atoms with Crippen LogP contribution in [0.3, 0.4) is 0 Å². The van der Waals surface area contributed by atoms with E-state index < -0.39 is 11.1 Å². The van der Waals surface area contributed by atoms with E-state index in [-0.39, 0.29) is 24.7 Å². The molecular formula is C15H32FmN4O3. The topological polar surface area (TPSA) is 98.9 Å². The zero-order chi connectivity index (χ0) is 17.6. The summed E-state index contributed by atoms with van der Waals surface area (Å²) in [4.78, 5) is 26.3. The van der Waals surface area contributed by atoms with Gasteiger partial charge in [0.05, 0.1) is 24.2 Å². The van der Waals surface area contributed by atoms with Crippen molar-refractivity contribution in [3.63, 3.8) is 0 Å². The molecule has 0 saturated heterocycles. The molecule has 4 N–H and O–H groups in total. The standard InChI is InChI=1S/C15H32N4O3.Fm/c1-14(2,17-9-7-8-16)12(20)10-18(5)15(3,4)13(21)11-19(6)22;/h17,22H,7-11,16H2,1-6H3;. The number of carbonyl (C=O) groups excluding carboxylic acids is 2. The Bertz CT molecular complexity index is 387. The third kappa shape index (κ3) is 7.30. The molecule has 0 aliphatic heterocycles. The fraction of sp³-hybridized carbons (Fsp3) is 0.867. The summed E-state index contributed by atoms with van der Waals surface area (Å²) >= 11 is 0. The minimum Gasteiger partial charge on any atom is -0.330 e. The van der Waals surface area contributed by atoms with E-state index in [0.29, 0.717) is 13.1 Å². The quantitative estimate of drug-likeness (QED) is 0.234. The average molecular weight is 573 g/mol. The Hall–Kier alpha value is -1.86. The van der Waals surface area contributed by atoms with Crippen molar-refractivity contribution in [2.75, 3.05) is 40.3 Å². The van der Waals surface area contributed by atoms with Gasteiger partial charge in [0.25, 0.3) is 0 Å². The van der Waals surface area contributed by atoms with Gasteiger partial charge in [-0.3, -0.25) is 14.5 Å². The maximum atomic E-state index is 12.5. The molecular weight excluding hydrogens is 541 g/mol. The van der Waals surface area contributed by atoms with Gasteiger partial charge in [-0.25, -0.2) is 0 Å². The number of Topliss-reactive ketones (excluding diaryl/α,β-unsaturated/α-hetero) is 2. The predicted octanol–water partition coefficient (Wildman–Crippen LogP) is -0.127. The minimum absolute atomic E-state index is 0. The van der Waals surface area contributed by atoms with E-state index in [2.05, 4.69) is 5.32 Å². The van der Waals surface area contributed by atoms with E-state index in [1.807, 2.05) is 13.8 Å². The van der Waals surface area contributed by atoms with Gasteiger partial charge in [0.15, 0.2) is 11.6 Å². The van der Waals surface area contributed by atoms with Gasteiger partial charge < -0.3 is 16.3 Å². The summed E-state index contributed by atoms with van der Waals surface area (Å²) in [5, 5.41) is 13.2. The number of rotatable bonds is 11. The summed E-state index contributed by atoms with van der Waals surface area (Å²) in [5.41, 5.74) is 3.95. The predicted molar refractivity (Wildman–Crippen MR) is 86.9 cm³/mol. The molecule has 0 bridgehead atoms. The van der Waals surface area contributed by atoms with Crippen molar-refractivity contribution in [1.82, 2.24) is 15.3 Å². The second-order valence-electron chi connectivity index (χ2n) is 6.77. The second-order valence-corrected chi connectivity index (χ2v) is 6.77. The van der Waals surface area contributed by atoms with Crippen LogP contribution in [0.2, 0.25) is 0 Å². The van der Waals surface area contributed by atoms with Gasteiger partial charge >= 0.3 is 0 Å². The van der Waals surface area contributed by atoms with Crippen molar-refractivity contribution in [1.29, 1.82) is 0 Å². The Kier molecular flexibility index (Phi) is 9.48. The smallest absolute Gasteiger partial charge is 0.168 e. The molecule has 0 aromatic carbocycles. The van der Waals surface area contributed by atoms with Crippen LogP contribution in [-0.2, 0) is 9.59 Å². The van der Waals surface area contributed by atoms with Gasteiger partial charge in [-0.05, 0) is 54.3 Å². The summed E-state index contributed by atoms with van der Waals surface area (Å²) in [6, 6.07) is 0. The second kappa shape index (κ2) is 9.32. The Morgan fingerprint density at radius 3 is 2.04 bits per heavy atom. The summed E-state index contributed by atoms with van der Waals surface area (Å²) in [6.45, 7) is 8.48. The van der Waals surface area contributed by atoms with Gasteiger partial charge in [0.2, 0.25) is 0 Å². The first-order valence-electron chi connectivity index (χ1n) is 7.58. The van der Waals surface area contributed by atoms with Crippen LogP contribution < -0.4 is 11.1 Å². The third-order valence-electron chi connectivity index (χ3n) is 4.03. The van der Waals surface area contributed by atoms with Crippen molar-refractivity contribution in [2.45, 2.75) is 45.2 Å². The zero-order valence-electron chi connectivity index (χ0n) is 15.1. The Labute approximate surface area is 133 Å². The van der Waals surface area contributed by atoms with E-state index in [9.17, 15) is 14.8 Å². The SMILES string of the molecule is CN(O)CC(=O)C(C)(C)N(C)CC(=O)C(C)(C)NCCCN.[Fm].